The fraction of sp³-hybridized carbons (Fsp3) is 0.400. The number of nitrogens with one attached hydrogen (secondary N) is 2. The van der Waals surface area contributed by atoms with Gasteiger partial charge in [0, 0.05) is 5.69 Å². The summed E-state index contributed by atoms with van der Waals surface area (Å²) in [6, 6.07) is 9.69. The van der Waals surface area contributed by atoms with Crippen LogP contribution in [0.1, 0.15) is 31.1 Å². The third kappa shape index (κ3) is 3.46. The number of hydrogen-bond acceptors (Lipinski definition) is 4. The minimum atomic E-state index is 0.00705. The van der Waals surface area contributed by atoms with Crippen LogP contribution in [0.3, 0.4) is 0 Å². The van der Waals surface area contributed by atoms with Crippen LogP contribution >= 0.6 is 0 Å². The van der Waals surface area contributed by atoms with Crippen molar-refractivity contribution in [1.29, 1.82) is 0 Å². The van der Waals surface area contributed by atoms with Crippen LogP contribution in [0.4, 0.5) is 5.69 Å². The molecule has 2 heterocycles. The number of aromatic amines is 1. The van der Waals surface area contributed by atoms with Gasteiger partial charge in [0.05, 0.1) is 12.6 Å². The van der Waals surface area contributed by atoms with E-state index in [1.807, 2.05) is 30.3 Å². The van der Waals surface area contributed by atoms with Crippen molar-refractivity contribution in [2.24, 2.45) is 0 Å². The van der Waals surface area contributed by atoms with Gasteiger partial charge in [-0.3, -0.25) is 14.8 Å². The van der Waals surface area contributed by atoms with Gasteiger partial charge in [0.2, 0.25) is 5.91 Å². The lowest BCUT2D eigenvalue weighted by Gasteiger charge is -2.33. The molecule has 1 amide bonds. The van der Waals surface area contributed by atoms with Crippen LogP contribution in [-0.2, 0) is 4.79 Å². The van der Waals surface area contributed by atoms with E-state index < -0.39 is 0 Å². The summed E-state index contributed by atoms with van der Waals surface area (Å²) in [4.78, 5) is 18.6. The molecule has 2 aromatic rings. The van der Waals surface area contributed by atoms with Crippen LogP contribution in [-0.4, -0.2) is 39.1 Å². The van der Waals surface area contributed by atoms with Gasteiger partial charge in [0.15, 0.2) is 0 Å². The maximum absolute atomic E-state index is 12.2. The highest BCUT2D eigenvalue weighted by atomic mass is 16.2. The molecule has 1 saturated heterocycles. The molecule has 1 aliphatic heterocycles. The molecule has 21 heavy (non-hydrogen) atoms. The number of nitrogens with zero attached hydrogens (tertiary/aromatic N) is 3. The lowest BCUT2D eigenvalue weighted by molar-refractivity contribution is -0.118. The summed E-state index contributed by atoms with van der Waals surface area (Å²) >= 11 is 0. The molecule has 1 aliphatic rings. The molecule has 3 rings (SSSR count). The summed E-state index contributed by atoms with van der Waals surface area (Å²) in [5, 5.41) is 9.77. The average molecular weight is 285 g/mol. The lowest BCUT2D eigenvalue weighted by Crippen LogP contribution is -2.39. The molecular formula is C15H19N5O. The molecule has 0 aliphatic carbocycles. The number of anilines is 1. The molecule has 1 fully saturated rings. The molecule has 1 aromatic carbocycles. The van der Waals surface area contributed by atoms with Crippen molar-refractivity contribution >= 4 is 11.6 Å². The number of hydrogen-bond donors (Lipinski definition) is 2. The van der Waals surface area contributed by atoms with Gasteiger partial charge in [-0.2, -0.15) is 5.10 Å². The summed E-state index contributed by atoms with van der Waals surface area (Å²) in [5.74, 6) is 0.856. The highest BCUT2D eigenvalue weighted by Gasteiger charge is 2.27. The fourth-order valence-corrected chi connectivity index (χ4v) is 2.77. The smallest absolute Gasteiger partial charge is 0.238 e. The normalized spacial score (nSPS) is 19.3. The summed E-state index contributed by atoms with van der Waals surface area (Å²) in [5.41, 5.74) is 0.829. The number of carbonyl (C=O) groups is 1. The van der Waals surface area contributed by atoms with Crippen molar-refractivity contribution in [2.75, 3.05) is 18.4 Å². The Labute approximate surface area is 123 Å². The van der Waals surface area contributed by atoms with E-state index in [9.17, 15) is 4.79 Å². The molecule has 6 nitrogen and oxygen atoms in total. The first-order valence-electron chi connectivity index (χ1n) is 7.27. The second-order valence-electron chi connectivity index (χ2n) is 5.27. The van der Waals surface area contributed by atoms with Crippen LogP contribution in [0, 0.1) is 0 Å². The first-order valence-corrected chi connectivity index (χ1v) is 7.27. The summed E-state index contributed by atoms with van der Waals surface area (Å²) in [6.45, 7) is 1.29. The zero-order chi connectivity index (χ0) is 14.5. The van der Waals surface area contributed by atoms with Gasteiger partial charge in [-0.05, 0) is 31.5 Å². The average Bonchev–Trinajstić information content (AvgIpc) is 3.03. The third-order valence-electron chi connectivity index (χ3n) is 3.77. The highest BCUT2D eigenvalue weighted by Crippen LogP contribution is 2.28. The molecular weight excluding hydrogens is 266 g/mol. The van der Waals surface area contributed by atoms with Crippen LogP contribution in [0.15, 0.2) is 36.7 Å². The Morgan fingerprint density at radius 1 is 1.33 bits per heavy atom. The van der Waals surface area contributed by atoms with E-state index in [-0.39, 0.29) is 11.9 Å². The predicted octanol–water partition coefficient (Wildman–Crippen LogP) is 1.97. The van der Waals surface area contributed by atoms with Crippen molar-refractivity contribution in [3.8, 4) is 0 Å². The Hall–Kier alpha value is -2.21. The molecule has 1 unspecified atom stereocenters. The molecule has 2 N–H and O–H groups in total. The summed E-state index contributed by atoms with van der Waals surface area (Å²) in [6.07, 6.45) is 4.80. The number of piperidine rings is 1. The van der Waals surface area contributed by atoms with Gasteiger partial charge in [-0.1, -0.05) is 24.6 Å². The van der Waals surface area contributed by atoms with Crippen LogP contribution in [0.2, 0.25) is 0 Å². The topological polar surface area (TPSA) is 73.9 Å². The Morgan fingerprint density at radius 2 is 2.19 bits per heavy atom. The number of likely N-dealkylation sites (tertiary alicyclic amines) is 1. The molecule has 1 atom stereocenters. The van der Waals surface area contributed by atoms with E-state index in [1.54, 1.807) is 0 Å². The number of para-hydroxylation sites is 1. The number of aromatic nitrogens is 3. The number of amides is 1. The van der Waals surface area contributed by atoms with E-state index in [4.69, 9.17) is 0 Å². The van der Waals surface area contributed by atoms with E-state index in [0.717, 1.165) is 37.3 Å². The maximum atomic E-state index is 12.2. The Morgan fingerprint density at radius 3 is 2.95 bits per heavy atom. The van der Waals surface area contributed by atoms with Gasteiger partial charge in [-0.15, -0.1) is 0 Å². The first-order chi connectivity index (χ1) is 10.3. The third-order valence-corrected chi connectivity index (χ3v) is 3.77. The van der Waals surface area contributed by atoms with E-state index in [1.165, 1.54) is 6.33 Å². The second-order valence-corrected chi connectivity index (χ2v) is 5.27. The van der Waals surface area contributed by atoms with Gasteiger partial charge >= 0.3 is 0 Å². The second kappa shape index (κ2) is 6.49. The van der Waals surface area contributed by atoms with Crippen LogP contribution < -0.4 is 5.32 Å². The number of rotatable bonds is 4. The molecule has 6 heteroatoms. The van der Waals surface area contributed by atoms with Gasteiger partial charge in [0.1, 0.15) is 12.2 Å². The van der Waals surface area contributed by atoms with Crippen LogP contribution in [0.25, 0.3) is 0 Å². The zero-order valence-electron chi connectivity index (χ0n) is 11.8. The van der Waals surface area contributed by atoms with Crippen molar-refractivity contribution in [3.63, 3.8) is 0 Å². The number of carbonyl (C=O) groups excluding carboxylic acids is 1. The predicted molar refractivity (Wildman–Crippen MR) is 79.6 cm³/mol. The molecule has 0 spiro atoms. The molecule has 0 bridgehead atoms. The first kappa shape index (κ1) is 13.8. The Bertz CT molecular complexity index is 569. The van der Waals surface area contributed by atoms with Crippen molar-refractivity contribution in [3.05, 3.63) is 42.5 Å². The fourth-order valence-electron chi connectivity index (χ4n) is 2.77. The summed E-state index contributed by atoms with van der Waals surface area (Å²) < 4.78 is 0. The van der Waals surface area contributed by atoms with Crippen molar-refractivity contribution < 1.29 is 4.79 Å². The van der Waals surface area contributed by atoms with Gasteiger partial charge < -0.3 is 5.32 Å². The lowest BCUT2D eigenvalue weighted by atomic mass is 10.0. The van der Waals surface area contributed by atoms with E-state index in [0.29, 0.717) is 6.54 Å². The van der Waals surface area contributed by atoms with Gasteiger partial charge in [0.25, 0.3) is 0 Å². The van der Waals surface area contributed by atoms with E-state index >= 15 is 0 Å². The minimum absolute atomic E-state index is 0.00705. The highest BCUT2D eigenvalue weighted by molar-refractivity contribution is 5.92. The number of H-pyrrole nitrogens is 1. The standard InChI is InChI=1S/C15H19N5O/c21-14(18-12-6-2-1-3-7-12)10-20-9-5-4-8-13(20)15-16-11-17-19-15/h1-3,6-7,11,13H,4-5,8-10H2,(H,18,21)(H,16,17,19). The molecule has 0 saturated carbocycles. The minimum Gasteiger partial charge on any atom is -0.325 e. The van der Waals surface area contributed by atoms with Crippen LogP contribution in [0.5, 0.6) is 0 Å². The monoisotopic (exact) mass is 285 g/mol. The molecule has 1 aromatic heterocycles. The Kier molecular flexibility index (Phi) is 4.25. The van der Waals surface area contributed by atoms with E-state index in [2.05, 4.69) is 25.4 Å². The molecule has 0 radical (unpaired) electrons. The zero-order valence-corrected chi connectivity index (χ0v) is 11.8. The molecule has 110 valence electrons. The Balaban J connectivity index is 1.63. The number of benzene rings is 1. The van der Waals surface area contributed by atoms with Crippen molar-refractivity contribution in [2.45, 2.75) is 25.3 Å². The van der Waals surface area contributed by atoms with Gasteiger partial charge in [-0.25, -0.2) is 4.98 Å². The largest absolute Gasteiger partial charge is 0.325 e. The summed E-state index contributed by atoms with van der Waals surface area (Å²) in [7, 11) is 0. The SMILES string of the molecule is O=C(CN1CCCCC1c1ncn[nH]1)Nc1ccccc1. The van der Waals surface area contributed by atoms with Crippen molar-refractivity contribution in [1.82, 2.24) is 20.1 Å². The quantitative estimate of drug-likeness (QED) is 0.900. The maximum Gasteiger partial charge on any atom is 0.238 e.